The molecule has 3 N–H and O–H groups in total. The Balaban J connectivity index is 1.76. The molecule has 2 fully saturated rings. The minimum absolute atomic E-state index is 0.267. The van der Waals surface area contributed by atoms with E-state index >= 15 is 0 Å². The van der Waals surface area contributed by atoms with Crippen molar-refractivity contribution < 1.29 is 18.1 Å². The van der Waals surface area contributed by atoms with Gasteiger partial charge in [0.25, 0.3) is 5.69 Å². The first-order valence-electron chi connectivity index (χ1n) is 6.51. The molecule has 0 amide bonds. The summed E-state index contributed by atoms with van der Waals surface area (Å²) in [5.41, 5.74) is 0.0156. The van der Waals surface area contributed by atoms with Crippen molar-refractivity contribution in [1.29, 1.82) is 0 Å². The third kappa shape index (κ3) is 2.71. The first-order chi connectivity index (χ1) is 9.88. The Kier molecular flexibility index (Phi) is 3.34. The molecule has 0 spiro atoms. The number of nitrogens with two attached hydrogens (primary N) is 1. The van der Waals surface area contributed by atoms with Gasteiger partial charge in [-0.1, -0.05) is 0 Å². The Morgan fingerprint density at radius 2 is 2.05 bits per heavy atom. The first-order valence-corrected chi connectivity index (χ1v) is 8.05. The second-order valence-corrected chi connectivity index (χ2v) is 6.95. The number of rotatable bonds is 5. The zero-order valence-electron chi connectivity index (χ0n) is 11.1. The van der Waals surface area contributed by atoms with Crippen LogP contribution in [0.1, 0.15) is 0 Å². The molecule has 3 atom stereocenters. The number of ether oxygens (including phenoxy) is 1. The monoisotopic (exact) mass is 313 g/mol. The number of nitro benzene ring substituents is 1. The molecule has 1 aromatic carbocycles. The van der Waals surface area contributed by atoms with Gasteiger partial charge in [0.15, 0.2) is 0 Å². The molecular formula is C12H15N3O5S. The predicted molar refractivity (Wildman–Crippen MR) is 74.2 cm³/mol. The van der Waals surface area contributed by atoms with Crippen molar-refractivity contribution in [3.05, 3.63) is 28.3 Å². The molecule has 2 aliphatic rings. The van der Waals surface area contributed by atoms with Crippen molar-refractivity contribution in [2.45, 2.75) is 4.90 Å². The van der Waals surface area contributed by atoms with Gasteiger partial charge in [-0.3, -0.25) is 10.1 Å². The highest BCUT2D eigenvalue weighted by molar-refractivity contribution is 7.89. The van der Waals surface area contributed by atoms with Crippen LogP contribution in [0.3, 0.4) is 0 Å². The Morgan fingerprint density at radius 1 is 1.38 bits per heavy atom. The van der Waals surface area contributed by atoms with Crippen LogP contribution in [0.25, 0.3) is 0 Å². The number of nitrogens with zero attached hydrogens (tertiary/aromatic N) is 1. The average Bonchev–Trinajstić information content (AvgIpc) is 2.84. The summed E-state index contributed by atoms with van der Waals surface area (Å²) in [6.45, 7) is 2.13. The maximum atomic E-state index is 11.2. The molecule has 8 nitrogen and oxygen atoms in total. The molecular weight excluding hydrogens is 298 g/mol. The normalized spacial score (nSPS) is 27.2. The van der Waals surface area contributed by atoms with Crippen LogP contribution in [0.15, 0.2) is 23.1 Å². The van der Waals surface area contributed by atoms with E-state index < -0.39 is 14.9 Å². The fraction of sp³-hybridized carbons (Fsp3) is 0.500. The second kappa shape index (κ2) is 4.93. The third-order valence-electron chi connectivity index (χ3n) is 4.15. The van der Waals surface area contributed by atoms with Crippen LogP contribution in [-0.2, 0) is 14.8 Å². The average molecular weight is 313 g/mol. The molecule has 0 aromatic heterocycles. The van der Waals surface area contributed by atoms with Gasteiger partial charge in [0.1, 0.15) is 5.69 Å². The van der Waals surface area contributed by atoms with Crippen LogP contribution in [-0.4, -0.2) is 33.1 Å². The molecule has 0 bridgehead atoms. The minimum atomic E-state index is -3.96. The minimum Gasteiger partial charge on any atom is -0.381 e. The van der Waals surface area contributed by atoms with Gasteiger partial charge < -0.3 is 10.1 Å². The van der Waals surface area contributed by atoms with Crippen LogP contribution >= 0.6 is 0 Å². The van der Waals surface area contributed by atoms with Gasteiger partial charge in [0.2, 0.25) is 10.0 Å². The van der Waals surface area contributed by atoms with E-state index in [2.05, 4.69) is 5.32 Å². The van der Waals surface area contributed by atoms with E-state index in [0.717, 1.165) is 19.3 Å². The van der Waals surface area contributed by atoms with Crippen molar-refractivity contribution in [1.82, 2.24) is 0 Å². The van der Waals surface area contributed by atoms with E-state index in [0.29, 0.717) is 30.0 Å². The van der Waals surface area contributed by atoms with Crippen LogP contribution in [0, 0.1) is 27.9 Å². The molecule has 21 heavy (non-hydrogen) atoms. The SMILES string of the molecule is NS(=O)(=O)c1ccc(NC[C@@H]2[C@H]3COC[C@@H]23)c([N+](=O)[O-])c1. The fourth-order valence-corrected chi connectivity index (χ4v) is 3.41. The molecule has 1 aliphatic heterocycles. The number of anilines is 1. The van der Waals surface area contributed by atoms with E-state index in [4.69, 9.17) is 9.88 Å². The van der Waals surface area contributed by atoms with E-state index in [1.807, 2.05) is 0 Å². The van der Waals surface area contributed by atoms with Crippen LogP contribution in [0.2, 0.25) is 0 Å². The number of primary sulfonamides is 1. The highest BCUT2D eigenvalue weighted by Gasteiger charge is 2.53. The molecule has 1 aromatic rings. The summed E-state index contributed by atoms with van der Waals surface area (Å²) in [5, 5.41) is 19.1. The third-order valence-corrected chi connectivity index (χ3v) is 5.06. The summed E-state index contributed by atoms with van der Waals surface area (Å²) in [6.07, 6.45) is 0. The van der Waals surface area contributed by atoms with Gasteiger partial charge in [-0.05, 0) is 29.9 Å². The number of nitro groups is 1. The molecule has 1 saturated carbocycles. The molecule has 0 unspecified atom stereocenters. The maximum absolute atomic E-state index is 11.2. The van der Waals surface area contributed by atoms with Gasteiger partial charge in [-0.25, -0.2) is 13.6 Å². The summed E-state index contributed by atoms with van der Waals surface area (Å²) in [5.74, 6) is 1.55. The van der Waals surface area contributed by atoms with Gasteiger partial charge in [0, 0.05) is 12.6 Å². The van der Waals surface area contributed by atoms with Crippen molar-refractivity contribution >= 4 is 21.4 Å². The lowest BCUT2D eigenvalue weighted by Gasteiger charge is -2.09. The Hall–Kier alpha value is -1.71. The Morgan fingerprint density at radius 3 is 2.62 bits per heavy atom. The largest absolute Gasteiger partial charge is 0.381 e. The number of fused-ring (bicyclic) bond motifs is 1. The summed E-state index contributed by atoms with van der Waals surface area (Å²) in [6, 6.07) is 3.63. The van der Waals surface area contributed by atoms with Crippen molar-refractivity contribution in [2.75, 3.05) is 25.1 Å². The quantitative estimate of drug-likeness (QED) is 0.604. The highest BCUT2D eigenvalue weighted by Crippen LogP contribution is 2.50. The first kappa shape index (κ1) is 14.2. The topological polar surface area (TPSA) is 125 Å². The van der Waals surface area contributed by atoms with Gasteiger partial charge in [-0.2, -0.15) is 0 Å². The van der Waals surface area contributed by atoms with E-state index in [-0.39, 0.29) is 10.6 Å². The number of sulfonamides is 1. The lowest BCUT2D eigenvalue weighted by molar-refractivity contribution is -0.384. The smallest absolute Gasteiger partial charge is 0.293 e. The zero-order valence-corrected chi connectivity index (χ0v) is 11.9. The molecule has 9 heteroatoms. The summed E-state index contributed by atoms with van der Waals surface area (Å²) < 4.78 is 27.8. The lowest BCUT2D eigenvalue weighted by atomic mass is 10.2. The predicted octanol–water partition coefficient (Wildman–Crippen LogP) is 0.547. The van der Waals surface area contributed by atoms with Crippen molar-refractivity contribution in [2.24, 2.45) is 22.9 Å². The van der Waals surface area contributed by atoms with E-state index in [1.165, 1.54) is 12.1 Å². The van der Waals surface area contributed by atoms with E-state index in [1.54, 1.807) is 0 Å². The Bertz CT molecular complexity index is 680. The van der Waals surface area contributed by atoms with E-state index in [9.17, 15) is 18.5 Å². The van der Waals surface area contributed by atoms with Crippen LogP contribution in [0.4, 0.5) is 11.4 Å². The fourth-order valence-electron chi connectivity index (χ4n) is 2.88. The molecule has 0 radical (unpaired) electrons. The molecule has 3 rings (SSSR count). The summed E-state index contributed by atoms with van der Waals surface area (Å²) in [4.78, 5) is 10.2. The number of hydrogen-bond acceptors (Lipinski definition) is 6. The molecule has 1 aliphatic carbocycles. The highest BCUT2D eigenvalue weighted by atomic mass is 32.2. The maximum Gasteiger partial charge on any atom is 0.293 e. The molecule has 1 heterocycles. The summed E-state index contributed by atoms with van der Waals surface area (Å²) in [7, 11) is -3.96. The number of hydrogen-bond donors (Lipinski definition) is 2. The molecule has 1 saturated heterocycles. The van der Waals surface area contributed by atoms with Crippen molar-refractivity contribution in [3.8, 4) is 0 Å². The number of benzene rings is 1. The Labute approximate surface area is 121 Å². The number of nitrogens with one attached hydrogen (secondary N) is 1. The summed E-state index contributed by atoms with van der Waals surface area (Å²) >= 11 is 0. The second-order valence-electron chi connectivity index (χ2n) is 5.39. The van der Waals surface area contributed by atoms with Gasteiger partial charge >= 0.3 is 0 Å². The van der Waals surface area contributed by atoms with Crippen LogP contribution < -0.4 is 10.5 Å². The molecule has 114 valence electrons. The van der Waals surface area contributed by atoms with Crippen LogP contribution in [0.5, 0.6) is 0 Å². The van der Waals surface area contributed by atoms with Crippen molar-refractivity contribution in [3.63, 3.8) is 0 Å². The standard InChI is InChI=1S/C12H15N3O5S/c13-21(18,19)7-1-2-11(12(3-7)15(16)17)14-4-8-9-5-20-6-10(8)9/h1-3,8-10,14H,4-6H2,(H2,13,18,19)/t8-,9-,10+. The van der Waals surface area contributed by atoms with Gasteiger partial charge in [-0.15, -0.1) is 0 Å². The lowest BCUT2D eigenvalue weighted by Crippen LogP contribution is -2.14. The zero-order chi connectivity index (χ0) is 15.2. The van der Waals surface area contributed by atoms with Gasteiger partial charge in [0.05, 0.1) is 23.0 Å².